The number of benzene rings is 1. The molecule has 6 rings (SSSR count). The smallest absolute Gasteiger partial charge is 0.323 e. The lowest BCUT2D eigenvalue weighted by Crippen LogP contribution is -2.49. The van der Waals surface area contributed by atoms with Gasteiger partial charge in [0.15, 0.2) is 0 Å². The zero-order chi connectivity index (χ0) is 32.6. The van der Waals surface area contributed by atoms with Crippen molar-refractivity contribution in [2.24, 2.45) is 7.05 Å². The highest BCUT2D eigenvalue weighted by molar-refractivity contribution is 5.91. The number of hydrogen-bond acceptors (Lipinski definition) is 9. The maximum atomic E-state index is 13.7. The second kappa shape index (κ2) is 14.7. The molecule has 242 valence electrons. The zero-order valence-electron chi connectivity index (χ0n) is 26.5. The number of anilines is 3. The van der Waals surface area contributed by atoms with Gasteiger partial charge in [-0.15, -0.1) is 0 Å². The second-order valence-electron chi connectivity index (χ2n) is 12.0. The van der Waals surface area contributed by atoms with Crippen LogP contribution in [-0.2, 0) is 18.4 Å². The van der Waals surface area contributed by atoms with E-state index in [1.807, 2.05) is 60.6 Å². The van der Waals surface area contributed by atoms with E-state index in [4.69, 9.17) is 4.98 Å². The van der Waals surface area contributed by atoms with Crippen molar-refractivity contribution in [2.45, 2.75) is 57.2 Å². The van der Waals surface area contributed by atoms with Crippen LogP contribution in [0.1, 0.15) is 49.7 Å². The molecule has 1 saturated heterocycles. The highest BCUT2D eigenvalue weighted by Gasteiger charge is 2.31. The number of urea groups is 1. The summed E-state index contributed by atoms with van der Waals surface area (Å²) in [6.07, 6.45) is 11.6. The van der Waals surface area contributed by atoms with Gasteiger partial charge in [0, 0.05) is 75.3 Å². The number of aryl methyl sites for hydroxylation is 1. The Hall–Kier alpha value is -5.51. The van der Waals surface area contributed by atoms with Gasteiger partial charge < -0.3 is 20.9 Å². The maximum Gasteiger partial charge on any atom is 0.323 e. The van der Waals surface area contributed by atoms with Crippen LogP contribution in [0.5, 0.6) is 0 Å². The lowest BCUT2D eigenvalue weighted by atomic mass is 9.90. The summed E-state index contributed by atoms with van der Waals surface area (Å²) in [6, 6.07) is 15.7. The van der Waals surface area contributed by atoms with E-state index in [-0.39, 0.29) is 24.0 Å². The quantitative estimate of drug-likeness (QED) is 0.219. The molecule has 4 heterocycles. The Kier molecular flexibility index (Phi) is 9.86. The Bertz CT molecular complexity index is 1710. The minimum Gasteiger partial charge on any atom is -0.367 e. The number of carbonyl (C=O) groups excluding carboxylic acids is 2. The molecule has 4 aromatic rings. The van der Waals surface area contributed by atoms with E-state index in [2.05, 4.69) is 37.1 Å². The Balaban J connectivity index is 1.10. The minimum atomic E-state index is -0.186. The first-order valence-electron chi connectivity index (χ1n) is 16.1. The van der Waals surface area contributed by atoms with Gasteiger partial charge >= 0.3 is 6.03 Å². The van der Waals surface area contributed by atoms with Gasteiger partial charge in [-0.25, -0.2) is 14.8 Å². The summed E-state index contributed by atoms with van der Waals surface area (Å²) in [5, 5.41) is 23.6. The Morgan fingerprint density at radius 2 is 1.87 bits per heavy atom. The van der Waals surface area contributed by atoms with Gasteiger partial charge in [0.2, 0.25) is 11.9 Å². The zero-order valence-corrected chi connectivity index (χ0v) is 26.5. The number of pyridine rings is 1. The summed E-state index contributed by atoms with van der Waals surface area (Å²) < 4.78 is 1.75. The molecule has 2 aliphatic rings. The normalized spacial score (nSPS) is 17.6. The first-order valence-corrected chi connectivity index (χ1v) is 16.1. The van der Waals surface area contributed by atoms with Gasteiger partial charge in [-0.2, -0.15) is 15.3 Å². The van der Waals surface area contributed by atoms with Crippen molar-refractivity contribution in [3.8, 4) is 17.2 Å². The van der Waals surface area contributed by atoms with Crippen LogP contribution >= 0.6 is 0 Å². The number of aromatic nitrogens is 5. The number of amides is 3. The number of carbonyl (C=O) groups is 2. The van der Waals surface area contributed by atoms with Crippen LogP contribution in [0, 0.1) is 11.3 Å². The van der Waals surface area contributed by atoms with Crippen molar-refractivity contribution < 1.29 is 9.59 Å². The molecule has 1 aromatic carbocycles. The van der Waals surface area contributed by atoms with Crippen molar-refractivity contribution in [1.82, 2.24) is 34.9 Å². The summed E-state index contributed by atoms with van der Waals surface area (Å²) in [5.41, 5.74) is 3.27. The van der Waals surface area contributed by atoms with Gasteiger partial charge in [0.25, 0.3) is 0 Å². The third-order valence-electron chi connectivity index (χ3n) is 8.69. The highest BCUT2D eigenvalue weighted by Crippen LogP contribution is 2.30. The molecule has 1 aliphatic carbocycles. The molecular weight excluding hydrogens is 594 g/mol. The third kappa shape index (κ3) is 7.84. The van der Waals surface area contributed by atoms with Crippen LogP contribution in [0.4, 0.5) is 22.4 Å². The fourth-order valence-electron chi connectivity index (χ4n) is 6.16. The van der Waals surface area contributed by atoms with Gasteiger partial charge in [0.1, 0.15) is 23.3 Å². The van der Waals surface area contributed by atoms with E-state index in [0.29, 0.717) is 49.2 Å². The summed E-state index contributed by atoms with van der Waals surface area (Å²) in [5.74, 6) is 1.66. The number of nitrogens with one attached hydrogen (secondary N) is 3. The van der Waals surface area contributed by atoms with E-state index in [0.717, 1.165) is 55.3 Å². The van der Waals surface area contributed by atoms with Crippen LogP contribution in [0.2, 0.25) is 0 Å². The number of nitriles is 1. The highest BCUT2D eigenvalue weighted by atomic mass is 16.2. The van der Waals surface area contributed by atoms with Crippen LogP contribution in [0.25, 0.3) is 11.1 Å². The summed E-state index contributed by atoms with van der Waals surface area (Å²) in [7, 11) is 1.87. The van der Waals surface area contributed by atoms with Crippen molar-refractivity contribution >= 4 is 29.5 Å². The third-order valence-corrected chi connectivity index (χ3v) is 8.69. The van der Waals surface area contributed by atoms with E-state index in [9.17, 15) is 14.9 Å². The van der Waals surface area contributed by atoms with E-state index in [1.165, 1.54) is 6.20 Å². The predicted octanol–water partition coefficient (Wildman–Crippen LogP) is 4.32. The van der Waals surface area contributed by atoms with Crippen molar-refractivity contribution in [2.75, 3.05) is 35.2 Å². The van der Waals surface area contributed by atoms with Crippen molar-refractivity contribution in [3.05, 3.63) is 78.4 Å². The van der Waals surface area contributed by atoms with Crippen LogP contribution in [0.3, 0.4) is 0 Å². The molecule has 3 aromatic heterocycles. The van der Waals surface area contributed by atoms with Crippen molar-refractivity contribution in [3.63, 3.8) is 0 Å². The molecule has 0 radical (unpaired) electrons. The van der Waals surface area contributed by atoms with Gasteiger partial charge in [0.05, 0.1) is 12.4 Å². The molecular formula is C34H39N11O2. The van der Waals surface area contributed by atoms with Gasteiger partial charge in [-0.3, -0.25) is 14.4 Å². The maximum absolute atomic E-state index is 13.7. The van der Waals surface area contributed by atoms with Crippen LogP contribution in [0.15, 0.2) is 67.3 Å². The minimum absolute atomic E-state index is 0.0482. The van der Waals surface area contributed by atoms with E-state index >= 15 is 0 Å². The van der Waals surface area contributed by atoms with E-state index < -0.39 is 0 Å². The molecule has 3 N–H and O–H groups in total. The lowest BCUT2D eigenvalue weighted by Gasteiger charge is -2.36. The largest absolute Gasteiger partial charge is 0.367 e. The molecule has 1 aliphatic heterocycles. The fraction of sp³-hybridized carbons (Fsp3) is 0.382. The fourth-order valence-corrected chi connectivity index (χ4v) is 6.16. The molecule has 13 heteroatoms. The summed E-state index contributed by atoms with van der Waals surface area (Å²) in [6.45, 7) is 2.25. The molecule has 0 unspecified atom stereocenters. The molecule has 0 atom stereocenters. The average molecular weight is 634 g/mol. The predicted molar refractivity (Wildman–Crippen MR) is 178 cm³/mol. The van der Waals surface area contributed by atoms with Gasteiger partial charge in [-0.05, 0) is 49.8 Å². The summed E-state index contributed by atoms with van der Waals surface area (Å²) >= 11 is 0. The van der Waals surface area contributed by atoms with E-state index in [1.54, 1.807) is 22.0 Å². The molecule has 47 heavy (non-hydrogen) atoms. The molecule has 13 nitrogen and oxygen atoms in total. The number of likely N-dealkylation sites (tertiary alicyclic amines) is 1. The number of rotatable bonds is 11. The monoisotopic (exact) mass is 633 g/mol. The standard InChI is InChI=1S/C34H39N11O2/c1-43-23-27(22-40-43)25-9-14-30(37-20-25)45(34(47)39-19-24-6-3-2-4-7-24)29-12-10-28(11-13-29)41-33-38-21-26(18-35)32(42-33)36-15-17-44-16-5-8-31(44)46/h2-4,6-7,9,14,20-23,28-29H,5,8,10-13,15-17,19H2,1H3,(H,39,47)(H2,36,38,41,42). The topological polar surface area (TPSA) is 157 Å². The SMILES string of the molecule is Cn1cc(-c2ccc(N(C(=O)NCc3ccccc3)C3CCC(Nc4ncc(C#N)c(NCCN5CCCC5=O)n4)CC3)nc2)cn1. The summed E-state index contributed by atoms with van der Waals surface area (Å²) in [4.78, 5) is 42.9. The molecule has 0 spiro atoms. The Labute approximate surface area is 274 Å². The number of hydrogen-bond donors (Lipinski definition) is 3. The van der Waals surface area contributed by atoms with Crippen molar-refractivity contribution in [1.29, 1.82) is 5.26 Å². The Morgan fingerprint density at radius 3 is 2.55 bits per heavy atom. The average Bonchev–Trinajstić information content (AvgIpc) is 3.73. The molecule has 1 saturated carbocycles. The second-order valence-corrected chi connectivity index (χ2v) is 12.0. The Morgan fingerprint density at radius 1 is 1.04 bits per heavy atom. The van der Waals surface area contributed by atoms with Crippen LogP contribution < -0.4 is 20.9 Å². The molecule has 2 fully saturated rings. The van der Waals surface area contributed by atoms with Gasteiger partial charge in [-0.1, -0.05) is 30.3 Å². The number of nitrogens with zero attached hydrogens (tertiary/aromatic N) is 8. The molecule has 3 amide bonds. The lowest BCUT2D eigenvalue weighted by molar-refractivity contribution is -0.127. The first-order chi connectivity index (χ1) is 23.0. The first kappa shape index (κ1) is 31.5. The van der Waals surface area contributed by atoms with Crippen LogP contribution in [-0.4, -0.2) is 73.3 Å². The molecule has 0 bridgehead atoms.